The Bertz CT molecular complexity index is 915. The zero-order valence-corrected chi connectivity index (χ0v) is 17.3. The Morgan fingerprint density at radius 1 is 1.07 bits per heavy atom. The van der Waals surface area contributed by atoms with E-state index in [1.165, 1.54) is 0 Å². The van der Waals surface area contributed by atoms with Crippen molar-refractivity contribution in [2.24, 2.45) is 0 Å². The number of carbonyl (C=O) groups excluding carboxylic acids is 1. The van der Waals surface area contributed by atoms with E-state index >= 15 is 0 Å². The summed E-state index contributed by atoms with van der Waals surface area (Å²) in [6, 6.07) is 11.4. The number of esters is 1. The van der Waals surface area contributed by atoms with Crippen molar-refractivity contribution >= 4 is 17.6 Å². The topological polar surface area (TPSA) is 44.8 Å². The van der Waals surface area contributed by atoms with Crippen LogP contribution in [-0.2, 0) is 16.6 Å². The summed E-state index contributed by atoms with van der Waals surface area (Å²) in [5, 5.41) is 0.677. The highest BCUT2D eigenvalue weighted by atomic mass is 35.5. The van der Waals surface area contributed by atoms with Gasteiger partial charge >= 0.3 is 5.97 Å². The molecular weight excluding hydrogens is 376 g/mol. The van der Waals surface area contributed by atoms with Crippen LogP contribution in [0.5, 0.6) is 11.5 Å². The maximum atomic E-state index is 12.4. The number of hydrogen-bond donors (Lipinski definition) is 0. The normalized spacial score (nSPS) is 21.0. The van der Waals surface area contributed by atoms with Gasteiger partial charge in [0.25, 0.3) is 0 Å². The summed E-state index contributed by atoms with van der Waals surface area (Å²) in [7, 11) is 0. The van der Waals surface area contributed by atoms with Crippen molar-refractivity contribution in [2.45, 2.75) is 51.0 Å². The molecule has 0 bridgehead atoms. The average molecular weight is 401 g/mol. The molecule has 2 aliphatic heterocycles. The lowest BCUT2D eigenvalue weighted by atomic mass is 9.73. The minimum atomic E-state index is -0.516. The molecule has 1 spiro atoms. The SMILES string of the molecule is CC(C)(C)OC(=O)c1ccc2c(c1)CC[C@@]1(CCOc3cc(Cl)ccc31)CO2. The summed E-state index contributed by atoms with van der Waals surface area (Å²) in [4.78, 5) is 12.4. The standard InChI is InChI=1S/C23H25ClO4/c1-22(2,3)28-21(25)16-4-7-19-15(12-16)8-9-23(14-27-19)10-11-26-20-13-17(24)5-6-18(20)23/h4-7,12-13H,8-11,14H2,1-3H3/t23-/m1/s1. The third kappa shape index (κ3) is 3.70. The van der Waals surface area contributed by atoms with Crippen molar-refractivity contribution in [3.8, 4) is 11.5 Å². The van der Waals surface area contributed by atoms with Crippen LogP contribution in [-0.4, -0.2) is 24.8 Å². The van der Waals surface area contributed by atoms with Crippen LogP contribution in [0.4, 0.5) is 0 Å². The molecule has 0 N–H and O–H groups in total. The number of hydrogen-bond acceptors (Lipinski definition) is 4. The van der Waals surface area contributed by atoms with Crippen LogP contribution in [0.3, 0.4) is 0 Å². The molecule has 0 aliphatic carbocycles. The third-order valence-corrected chi connectivity index (χ3v) is 5.66. The lowest BCUT2D eigenvalue weighted by Crippen LogP contribution is -2.38. The van der Waals surface area contributed by atoms with Gasteiger partial charge in [-0.15, -0.1) is 0 Å². The number of ether oxygens (including phenoxy) is 3. The van der Waals surface area contributed by atoms with Crippen LogP contribution in [0.25, 0.3) is 0 Å². The van der Waals surface area contributed by atoms with Gasteiger partial charge in [-0.05, 0) is 75.9 Å². The van der Waals surface area contributed by atoms with Crippen LogP contribution >= 0.6 is 11.6 Å². The first-order chi connectivity index (χ1) is 13.3. The molecule has 0 fully saturated rings. The first-order valence-electron chi connectivity index (χ1n) is 9.68. The fourth-order valence-corrected chi connectivity index (χ4v) is 4.16. The molecule has 0 unspecified atom stereocenters. The highest BCUT2D eigenvalue weighted by Gasteiger charge is 2.40. The summed E-state index contributed by atoms with van der Waals surface area (Å²) in [5.74, 6) is 1.38. The second-order valence-corrected chi connectivity index (χ2v) is 9.07. The fraction of sp³-hybridized carbons (Fsp3) is 0.435. The molecular formula is C23H25ClO4. The van der Waals surface area contributed by atoms with Crippen LogP contribution < -0.4 is 9.47 Å². The number of rotatable bonds is 1. The third-order valence-electron chi connectivity index (χ3n) is 5.43. The summed E-state index contributed by atoms with van der Waals surface area (Å²) < 4.78 is 17.6. The van der Waals surface area contributed by atoms with Crippen molar-refractivity contribution < 1.29 is 19.0 Å². The number of fused-ring (bicyclic) bond motifs is 3. The second-order valence-electron chi connectivity index (χ2n) is 8.63. The number of carbonyl (C=O) groups is 1. The maximum absolute atomic E-state index is 12.4. The van der Waals surface area contributed by atoms with E-state index in [0.29, 0.717) is 23.8 Å². The van der Waals surface area contributed by atoms with Crippen molar-refractivity contribution in [2.75, 3.05) is 13.2 Å². The van der Waals surface area contributed by atoms with Gasteiger partial charge in [0.05, 0.1) is 18.8 Å². The van der Waals surface area contributed by atoms with Crippen molar-refractivity contribution in [1.82, 2.24) is 0 Å². The summed E-state index contributed by atoms with van der Waals surface area (Å²) >= 11 is 6.15. The number of aryl methyl sites for hydroxylation is 1. The van der Waals surface area contributed by atoms with Crippen LogP contribution in [0.15, 0.2) is 36.4 Å². The minimum absolute atomic E-state index is 0.108. The van der Waals surface area contributed by atoms with Gasteiger partial charge in [0.1, 0.15) is 17.1 Å². The maximum Gasteiger partial charge on any atom is 0.338 e. The zero-order chi connectivity index (χ0) is 19.9. The van der Waals surface area contributed by atoms with Gasteiger partial charge in [-0.2, -0.15) is 0 Å². The molecule has 0 saturated heterocycles. The molecule has 2 aliphatic rings. The Morgan fingerprint density at radius 3 is 2.68 bits per heavy atom. The van der Waals surface area contributed by atoms with Gasteiger partial charge < -0.3 is 14.2 Å². The van der Waals surface area contributed by atoms with E-state index in [4.69, 9.17) is 25.8 Å². The molecule has 148 valence electrons. The predicted molar refractivity (Wildman–Crippen MR) is 109 cm³/mol. The van der Waals surface area contributed by atoms with Gasteiger partial charge in [-0.1, -0.05) is 17.7 Å². The molecule has 0 amide bonds. The van der Waals surface area contributed by atoms with Crippen molar-refractivity contribution in [3.05, 3.63) is 58.1 Å². The van der Waals surface area contributed by atoms with Gasteiger partial charge in [0, 0.05) is 16.0 Å². The van der Waals surface area contributed by atoms with E-state index in [2.05, 4.69) is 6.07 Å². The molecule has 4 nitrogen and oxygen atoms in total. The fourth-order valence-electron chi connectivity index (χ4n) is 4.00. The molecule has 2 aromatic carbocycles. The summed E-state index contributed by atoms with van der Waals surface area (Å²) in [6.45, 7) is 6.85. The number of benzene rings is 2. The summed E-state index contributed by atoms with van der Waals surface area (Å²) in [6.07, 6.45) is 2.65. The highest BCUT2D eigenvalue weighted by molar-refractivity contribution is 6.30. The van der Waals surface area contributed by atoms with Crippen molar-refractivity contribution in [3.63, 3.8) is 0 Å². The Morgan fingerprint density at radius 2 is 1.89 bits per heavy atom. The quantitative estimate of drug-likeness (QED) is 0.606. The van der Waals surface area contributed by atoms with E-state index in [1.807, 2.05) is 45.0 Å². The second kappa shape index (κ2) is 7.00. The highest BCUT2D eigenvalue weighted by Crippen LogP contribution is 2.45. The van der Waals surface area contributed by atoms with Gasteiger partial charge in [0.15, 0.2) is 0 Å². The Labute approximate surface area is 170 Å². The van der Waals surface area contributed by atoms with E-state index in [9.17, 15) is 4.79 Å². The van der Waals surface area contributed by atoms with Gasteiger partial charge in [-0.3, -0.25) is 0 Å². The predicted octanol–water partition coefficient (Wildman–Crippen LogP) is 5.34. The Kier molecular flexibility index (Phi) is 4.78. The molecule has 0 saturated carbocycles. The largest absolute Gasteiger partial charge is 0.493 e. The van der Waals surface area contributed by atoms with Crippen LogP contribution in [0.1, 0.15) is 55.1 Å². The van der Waals surface area contributed by atoms with E-state index in [0.717, 1.165) is 41.9 Å². The lowest BCUT2D eigenvalue weighted by molar-refractivity contribution is 0.00694. The lowest BCUT2D eigenvalue weighted by Gasteiger charge is -2.37. The zero-order valence-electron chi connectivity index (χ0n) is 16.5. The molecule has 2 aromatic rings. The van der Waals surface area contributed by atoms with Crippen LogP contribution in [0, 0.1) is 0 Å². The molecule has 2 heterocycles. The first-order valence-corrected chi connectivity index (χ1v) is 10.1. The Balaban J connectivity index is 1.61. The van der Waals surface area contributed by atoms with E-state index < -0.39 is 5.60 Å². The van der Waals surface area contributed by atoms with Gasteiger partial charge in [-0.25, -0.2) is 4.79 Å². The van der Waals surface area contributed by atoms with Crippen LogP contribution in [0.2, 0.25) is 5.02 Å². The summed E-state index contributed by atoms with van der Waals surface area (Å²) in [5.41, 5.74) is 2.14. The molecule has 4 rings (SSSR count). The monoisotopic (exact) mass is 400 g/mol. The minimum Gasteiger partial charge on any atom is -0.493 e. The van der Waals surface area contributed by atoms with Gasteiger partial charge in [0.2, 0.25) is 0 Å². The molecule has 5 heteroatoms. The molecule has 0 aromatic heterocycles. The van der Waals surface area contributed by atoms with E-state index in [1.54, 1.807) is 6.07 Å². The van der Waals surface area contributed by atoms with Crippen molar-refractivity contribution in [1.29, 1.82) is 0 Å². The van der Waals surface area contributed by atoms with E-state index in [-0.39, 0.29) is 11.4 Å². The molecule has 0 radical (unpaired) electrons. The number of halogens is 1. The molecule has 1 atom stereocenters. The smallest absolute Gasteiger partial charge is 0.338 e. The molecule has 28 heavy (non-hydrogen) atoms. The average Bonchev–Trinajstić information content (AvgIpc) is 2.80. The Hall–Kier alpha value is -2.20. The first kappa shape index (κ1) is 19.1.